The van der Waals surface area contributed by atoms with Gasteiger partial charge in [0.25, 0.3) is 0 Å². The number of methoxy groups -OCH3 is 1. The zero-order chi connectivity index (χ0) is 13.8. The van der Waals surface area contributed by atoms with Gasteiger partial charge in [-0.25, -0.2) is 0 Å². The van der Waals surface area contributed by atoms with Crippen LogP contribution in [-0.4, -0.2) is 30.5 Å². The third kappa shape index (κ3) is 4.11. The van der Waals surface area contributed by atoms with E-state index in [0.717, 1.165) is 6.54 Å². The van der Waals surface area contributed by atoms with Crippen molar-refractivity contribution in [3.63, 3.8) is 0 Å². The number of hydrogen-bond donors (Lipinski definition) is 2. The number of aliphatic hydroxyl groups is 1. The summed E-state index contributed by atoms with van der Waals surface area (Å²) in [5.74, 6) is 1.38. The number of rotatable bonds is 7. The Kier molecular flexibility index (Phi) is 4.66. The largest absolute Gasteiger partial charge is 0.493 e. The molecule has 0 saturated heterocycles. The van der Waals surface area contributed by atoms with Crippen LogP contribution >= 0.6 is 0 Å². The summed E-state index contributed by atoms with van der Waals surface area (Å²) in [6.07, 6.45) is 1.79. The number of benzene rings is 1. The molecular formula is C15H23NO3. The van der Waals surface area contributed by atoms with E-state index in [-0.39, 0.29) is 6.10 Å². The second kappa shape index (κ2) is 6.26. The second-order valence-corrected chi connectivity index (χ2v) is 5.20. The van der Waals surface area contributed by atoms with Crippen molar-refractivity contribution in [1.29, 1.82) is 0 Å². The predicted octanol–water partition coefficient (Wildman–Crippen LogP) is 2.10. The van der Waals surface area contributed by atoms with Gasteiger partial charge in [-0.1, -0.05) is 6.07 Å². The molecule has 2 rings (SSSR count). The second-order valence-electron chi connectivity index (χ2n) is 5.20. The van der Waals surface area contributed by atoms with E-state index in [1.165, 1.54) is 18.4 Å². The van der Waals surface area contributed by atoms with Crippen molar-refractivity contribution in [3.8, 4) is 11.5 Å². The number of ether oxygens (including phenoxy) is 2. The normalized spacial score (nSPS) is 17.9. The van der Waals surface area contributed by atoms with E-state index >= 15 is 0 Å². The molecule has 4 heteroatoms. The van der Waals surface area contributed by atoms with Crippen molar-refractivity contribution in [2.45, 2.75) is 51.5 Å². The molecule has 1 fully saturated rings. The molecule has 0 radical (unpaired) electrons. The predicted molar refractivity (Wildman–Crippen MR) is 74.6 cm³/mol. The first-order valence-corrected chi connectivity index (χ1v) is 6.85. The van der Waals surface area contributed by atoms with Gasteiger partial charge in [0, 0.05) is 12.6 Å². The minimum absolute atomic E-state index is 0.260. The van der Waals surface area contributed by atoms with Gasteiger partial charge in [0.15, 0.2) is 11.5 Å². The molecule has 106 valence electrons. The summed E-state index contributed by atoms with van der Waals surface area (Å²) in [5, 5.41) is 12.9. The van der Waals surface area contributed by atoms with Gasteiger partial charge in [0.05, 0.1) is 13.2 Å². The molecule has 0 amide bonds. The average molecular weight is 265 g/mol. The molecule has 0 heterocycles. The molecule has 1 aromatic rings. The van der Waals surface area contributed by atoms with E-state index in [1.54, 1.807) is 14.0 Å². The molecule has 19 heavy (non-hydrogen) atoms. The van der Waals surface area contributed by atoms with E-state index in [9.17, 15) is 5.11 Å². The Morgan fingerprint density at radius 3 is 2.63 bits per heavy atom. The summed E-state index contributed by atoms with van der Waals surface area (Å²) in [5.41, 5.74) is 1.18. The number of hydrogen-bond acceptors (Lipinski definition) is 4. The Bertz CT molecular complexity index is 416. The number of nitrogens with one attached hydrogen (secondary N) is 1. The Hall–Kier alpha value is -1.26. The molecule has 1 aliphatic rings. The quantitative estimate of drug-likeness (QED) is 0.792. The molecule has 2 unspecified atom stereocenters. The number of aliphatic hydroxyl groups excluding tert-OH is 1. The van der Waals surface area contributed by atoms with E-state index in [1.807, 2.05) is 25.1 Å². The Morgan fingerprint density at radius 2 is 2.05 bits per heavy atom. The van der Waals surface area contributed by atoms with Crippen molar-refractivity contribution >= 4 is 0 Å². The summed E-state index contributed by atoms with van der Waals surface area (Å²) in [7, 11) is 1.63. The molecule has 1 aliphatic carbocycles. The monoisotopic (exact) mass is 265 g/mol. The third-order valence-corrected chi connectivity index (χ3v) is 3.39. The lowest BCUT2D eigenvalue weighted by atomic mass is 10.2. The van der Waals surface area contributed by atoms with Crippen LogP contribution in [0, 0.1) is 0 Å². The lowest BCUT2D eigenvalue weighted by Gasteiger charge is -2.19. The van der Waals surface area contributed by atoms with Gasteiger partial charge in [-0.15, -0.1) is 0 Å². The summed E-state index contributed by atoms with van der Waals surface area (Å²) >= 11 is 0. The summed E-state index contributed by atoms with van der Waals surface area (Å²) in [6, 6.07) is 6.61. The highest BCUT2D eigenvalue weighted by Crippen LogP contribution is 2.29. The lowest BCUT2D eigenvalue weighted by molar-refractivity contribution is 0.0586. The maximum absolute atomic E-state index is 9.48. The van der Waals surface area contributed by atoms with Crippen LogP contribution in [0.25, 0.3) is 0 Å². The molecule has 1 aromatic carbocycles. The van der Waals surface area contributed by atoms with Gasteiger partial charge < -0.3 is 19.9 Å². The summed E-state index contributed by atoms with van der Waals surface area (Å²) in [4.78, 5) is 0. The van der Waals surface area contributed by atoms with E-state index in [4.69, 9.17) is 9.47 Å². The molecular weight excluding hydrogens is 242 g/mol. The highest BCUT2D eigenvalue weighted by Gasteiger charge is 2.20. The fourth-order valence-corrected chi connectivity index (χ4v) is 1.77. The highest BCUT2D eigenvalue weighted by atomic mass is 16.5. The van der Waals surface area contributed by atoms with Gasteiger partial charge in [-0.2, -0.15) is 0 Å². The van der Waals surface area contributed by atoms with Gasteiger partial charge in [-0.05, 0) is 44.4 Å². The highest BCUT2D eigenvalue weighted by molar-refractivity contribution is 5.43. The third-order valence-electron chi connectivity index (χ3n) is 3.39. The molecule has 4 nitrogen and oxygen atoms in total. The van der Waals surface area contributed by atoms with E-state index in [0.29, 0.717) is 17.5 Å². The fraction of sp³-hybridized carbons (Fsp3) is 0.600. The Labute approximate surface area is 114 Å². The van der Waals surface area contributed by atoms with Crippen LogP contribution < -0.4 is 14.8 Å². The molecule has 0 aliphatic heterocycles. The topological polar surface area (TPSA) is 50.7 Å². The van der Waals surface area contributed by atoms with Crippen molar-refractivity contribution < 1.29 is 14.6 Å². The zero-order valence-electron chi connectivity index (χ0n) is 11.8. The van der Waals surface area contributed by atoms with Gasteiger partial charge in [-0.3, -0.25) is 0 Å². The molecule has 0 aromatic heterocycles. The van der Waals surface area contributed by atoms with Crippen molar-refractivity contribution in [2.75, 3.05) is 7.11 Å². The van der Waals surface area contributed by atoms with E-state index in [2.05, 4.69) is 5.32 Å². The van der Waals surface area contributed by atoms with Gasteiger partial charge >= 0.3 is 0 Å². The molecule has 2 atom stereocenters. The molecule has 0 bridgehead atoms. The summed E-state index contributed by atoms with van der Waals surface area (Å²) in [6.45, 7) is 4.41. The van der Waals surface area contributed by atoms with Crippen molar-refractivity contribution in [1.82, 2.24) is 5.32 Å². The molecule has 0 spiro atoms. The SMILES string of the molecule is COc1cc(CNC2CC2)ccc1OC(C)C(C)O. The van der Waals surface area contributed by atoms with Crippen LogP contribution in [0.2, 0.25) is 0 Å². The lowest BCUT2D eigenvalue weighted by Crippen LogP contribution is -2.25. The van der Waals surface area contributed by atoms with Gasteiger partial charge in [0.2, 0.25) is 0 Å². The molecule has 1 saturated carbocycles. The zero-order valence-corrected chi connectivity index (χ0v) is 11.8. The van der Waals surface area contributed by atoms with Crippen LogP contribution in [0.3, 0.4) is 0 Å². The van der Waals surface area contributed by atoms with Crippen LogP contribution in [-0.2, 0) is 6.54 Å². The van der Waals surface area contributed by atoms with Crippen molar-refractivity contribution in [3.05, 3.63) is 23.8 Å². The fourth-order valence-electron chi connectivity index (χ4n) is 1.77. The van der Waals surface area contributed by atoms with Crippen LogP contribution in [0.4, 0.5) is 0 Å². The summed E-state index contributed by atoms with van der Waals surface area (Å²) < 4.78 is 11.0. The van der Waals surface area contributed by atoms with Gasteiger partial charge in [0.1, 0.15) is 6.10 Å². The first-order chi connectivity index (χ1) is 9.10. The Balaban J connectivity index is 2.02. The first-order valence-electron chi connectivity index (χ1n) is 6.85. The smallest absolute Gasteiger partial charge is 0.161 e. The van der Waals surface area contributed by atoms with E-state index < -0.39 is 6.10 Å². The standard InChI is InChI=1S/C15H23NO3/c1-10(17)11(2)19-14-7-4-12(8-15(14)18-3)9-16-13-5-6-13/h4,7-8,10-11,13,16-17H,5-6,9H2,1-3H3. The minimum Gasteiger partial charge on any atom is -0.493 e. The van der Waals surface area contributed by atoms with Crippen LogP contribution in [0.5, 0.6) is 11.5 Å². The average Bonchev–Trinajstić information content (AvgIpc) is 3.21. The first kappa shape index (κ1) is 14.2. The van der Waals surface area contributed by atoms with Crippen LogP contribution in [0.15, 0.2) is 18.2 Å². The minimum atomic E-state index is -0.513. The molecule has 2 N–H and O–H groups in total. The maximum Gasteiger partial charge on any atom is 0.161 e. The van der Waals surface area contributed by atoms with Crippen LogP contribution in [0.1, 0.15) is 32.3 Å². The maximum atomic E-state index is 9.48. The Morgan fingerprint density at radius 1 is 1.32 bits per heavy atom. The van der Waals surface area contributed by atoms with Crippen molar-refractivity contribution in [2.24, 2.45) is 0 Å².